The molecule has 0 atom stereocenters. The first kappa shape index (κ1) is 19.1. The second-order valence-corrected chi connectivity index (χ2v) is 6.94. The van der Waals surface area contributed by atoms with Gasteiger partial charge >= 0.3 is 0 Å². The van der Waals surface area contributed by atoms with Crippen molar-refractivity contribution in [3.8, 4) is 11.4 Å². The molecule has 1 aliphatic rings. The van der Waals surface area contributed by atoms with E-state index in [4.69, 9.17) is 4.74 Å². The molecule has 9 heteroatoms. The molecular formula is C20H21FN6O2. The zero-order valence-corrected chi connectivity index (χ0v) is 16.2. The lowest BCUT2D eigenvalue weighted by molar-refractivity contribution is 0.0694. The summed E-state index contributed by atoms with van der Waals surface area (Å²) in [5.41, 5.74) is 1.79. The molecule has 150 valence electrons. The highest BCUT2D eigenvalue weighted by Gasteiger charge is 2.23. The first-order valence-electron chi connectivity index (χ1n) is 9.40. The predicted octanol–water partition coefficient (Wildman–Crippen LogP) is 3.48. The number of pyridine rings is 1. The van der Waals surface area contributed by atoms with E-state index in [9.17, 15) is 9.18 Å². The molecule has 29 heavy (non-hydrogen) atoms. The van der Waals surface area contributed by atoms with Crippen molar-refractivity contribution in [3.63, 3.8) is 0 Å². The molecule has 3 aromatic rings. The smallest absolute Gasteiger partial charge is 0.228 e. The number of nitrogens with zero attached hydrogens (tertiary/aromatic N) is 5. The third-order valence-corrected chi connectivity index (χ3v) is 4.93. The number of ether oxygens (including phenoxy) is 1. The predicted molar refractivity (Wildman–Crippen MR) is 105 cm³/mol. The maximum Gasteiger partial charge on any atom is 0.228 e. The van der Waals surface area contributed by atoms with Crippen LogP contribution in [0.5, 0.6) is 0 Å². The van der Waals surface area contributed by atoms with E-state index < -0.39 is 5.82 Å². The molecular weight excluding hydrogens is 375 g/mol. The zero-order valence-electron chi connectivity index (χ0n) is 16.2. The molecule has 0 bridgehead atoms. The molecule has 0 saturated carbocycles. The first-order valence-corrected chi connectivity index (χ1v) is 9.40. The molecule has 1 fully saturated rings. The van der Waals surface area contributed by atoms with Gasteiger partial charge in [-0.3, -0.25) is 9.78 Å². The van der Waals surface area contributed by atoms with E-state index in [-0.39, 0.29) is 23.5 Å². The van der Waals surface area contributed by atoms with Gasteiger partial charge in [-0.1, -0.05) is 0 Å². The van der Waals surface area contributed by atoms with Gasteiger partial charge in [0.05, 0.1) is 30.0 Å². The van der Waals surface area contributed by atoms with Gasteiger partial charge in [-0.15, -0.1) is 0 Å². The quantitative estimate of drug-likeness (QED) is 0.660. The van der Waals surface area contributed by atoms with E-state index in [0.717, 1.165) is 24.9 Å². The van der Waals surface area contributed by atoms with Gasteiger partial charge in [0.1, 0.15) is 11.5 Å². The fourth-order valence-corrected chi connectivity index (χ4v) is 3.47. The molecule has 8 nitrogen and oxygen atoms in total. The van der Waals surface area contributed by atoms with Crippen LogP contribution in [0.4, 0.5) is 16.0 Å². The van der Waals surface area contributed by atoms with Crippen LogP contribution in [0.25, 0.3) is 11.4 Å². The molecule has 0 amide bonds. The second-order valence-electron chi connectivity index (χ2n) is 6.94. The maximum atomic E-state index is 14.6. The fourth-order valence-electron chi connectivity index (χ4n) is 3.47. The number of ketones is 1. The maximum absolute atomic E-state index is 14.6. The summed E-state index contributed by atoms with van der Waals surface area (Å²) in [7, 11) is 0. The molecule has 0 aliphatic carbocycles. The number of Topliss-reactive ketones (excluding diaryl/α,β-unsaturated/α-hetero) is 1. The van der Waals surface area contributed by atoms with Crippen molar-refractivity contribution >= 4 is 17.4 Å². The number of halogens is 1. The summed E-state index contributed by atoms with van der Waals surface area (Å²) in [6.07, 6.45) is 7.48. The van der Waals surface area contributed by atoms with Crippen LogP contribution in [0.3, 0.4) is 0 Å². The molecule has 3 aromatic heterocycles. The van der Waals surface area contributed by atoms with E-state index in [1.54, 1.807) is 18.5 Å². The summed E-state index contributed by atoms with van der Waals surface area (Å²) in [5.74, 6) is 0.385. The van der Waals surface area contributed by atoms with Crippen LogP contribution in [-0.2, 0) is 4.74 Å². The van der Waals surface area contributed by atoms with E-state index in [2.05, 4.69) is 25.3 Å². The van der Waals surface area contributed by atoms with Crippen molar-refractivity contribution in [2.45, 2.75) is 32.7 Å². The summed E-state index contributed by atoms with van der Waals surface area (Å²) < 4.78 is 22.1. The van der Waals surface area contributed by atoms with Crippen molar-refractivity contribution in [1.82, 2.24) is 24.5 Å². The van der Waals surface area contributed by atoms with E-state index in [1.807, 2.05) is 11.5 Å². The number of nitrogens with one attached hydrogen (secondary N) is 1. The molecule has 0 aromatic carbocycles. The van der Waals surface area contributed by atoms with Gasteiger partial charge in [0.15, 0.2) is 11.6 Å². The van der Waals surface area contributed by atoms with Gasteiger partial charge in [-0.05, 0) is 32.8 Å². The first-order chi connectivity index (χ1) is 14.0. The monoisotopic (exact) mass is 396 g/mol. The van der Waals surface area contributed by atoms with Gasteiger partial charge in [-0.25, -0.2) is 19.3 Å². The minimum atomic E-state index is -0.528. The number of rotatable bonds is 5. The summed E-state index contributed by atoms with van der Waals surface area (Å²) in [6.45, 7) is 4.70. The highest BCUT2D eigenvalue weighted by Crippen LogP contribution is 2.31. The number of hydrogen-bond acceptors (Lipinski definition) is 7. The van der Waals surface area contributed by atoms with Crippen LogP contribution in [0, 0.1) is 12.7 Å². The average Bonchev–Trinajstić information content (AvgIpc) is 3.11. The normalized spacial score (nSPS) is 14.7. The molecule has 1 aliphatic heterocycles. The Labute approximate surface area is 167 Å². The van der Waals surface area contributed by atoms with Gasteiger partial charge in [0, 0.05) is 31.0 Å². The Hall–Kier alpha value is -3.20. The fraction of sp³-hybridized carbons (Fsp3) is 0.350. The van der Waals surface area contributed by atoms with Crippen LogP contribution in [-0.4, -0.2) is 43.5 Å². The van der Waals surface area contributed by atoms with E-state index in [0.29, 0.717) is 30.2 Å². The van der Waals surface area contributed by atoms with Crippen LogP contribution in [0.1, 0.15) is 42.0 Å². The van der Waals surface area contributed by atoms with Gasteiger partial charge in [-0.2, -0.15) is 0 Å². The summed E-state index contributed by atoms with van der Waals surface area (Å²) in [5, 5.41) is 2.99. The van der Waals surface area contributed by atoms with Crippen molar-refractivity contribution in [1.29, 1.82) is 0 Å². The SMILES string of the molecule is CC(=O)c1cncc(Nc2ncc(F)c(-c3cnc(C)n3C3CCOCC3)n2)c1. The Kier molecular flexibility index (Phi) is 5.30. The lowest BCUT2D eigenvalue weighted by Gasteiger charge is -2.26. The standard InChI is InChI=1S/C20H21FN6O2/c1-12(28)14-7-15(9-22-8-14)25-20-24-10-17(21)19(26-20)18-11-23-13(2)27(18)16-3-5-29-6-4-16/h7-11,16H,3-6H2,1-2H3,(H,24,25,26). The van der Waals surface area contributed by atoms with Gasteiger partial charge < -0.3 is 14.6 Å². The number of carbonyl (C=O) groups excluding carboxylic acids is 1. The number of imidazole rings is 1. The molecule has 4 heterocycles. The number of aromatic nitrogens is 5. The Balaban J connectivity index is 1.68. The van der Waals surface area contributed by atoms with E-state index >= 15 is 0 Å². The minimum Gasteiger partial charge on any atom is -0.381 e. The molecule has 1 N–H and O–H groups in total. The molecule has 0 unspecified atom stereocenters. The van der Waals surface area contributed by atoms with Crippen LogP contribution < -0.4 is 5.32 Å². The minimum absolute atomic E-state index is 0.0993. The Morgan fingerprint density at radius 2 is 2.00 bits per heavy atom. The van der Waals surface area contributed by atoms with E-state index in [1.165, 1.54) is 13.1 Å². The van der Waals surface area contributed by atoms with Crippen molar-refractivity contribution in [3.05, 3.63) is 48.1 Å². The number of carbonyl (C=O) groups is 1. The van der Waals surface area contributed by atoms with Crippen molar-refractivity contribution in [2.75, 3.05) is 18.5 Å². The number of hydrogen-bond donors (Lipinski definition) is 1. The number of aryl methyl sites for hydroxylation is 1. The largest absolute Gasteiger partial charge is 0.381 e. The van der Waals surface area contributed by atoms with Gasteiger partial charge in [0.25, 0.3) is 0 Å². The van der Waals surface area contributed by atoms with Crippen molar-refractivity contribution < 1.29 is 13.9 Å². The highest BCUT2D eigenvalue weighted by atomic mass is 19.1. The Morgan fingerprint density at radius 3 is 2.76 bits per heavy atom. The third kappa shape index (κ3) is 4.00. The Bertz CT molecular complexity index is 1050. The van der Waals surface area contributed by atoms with Gasteiger partial charge in [0.2, 0.25) is 5.95 Å². The lowest BCUT2D eigenvalue weighted by atomic mass is 10.1. The molecule has 0 spiro atoms. The molecule has 1 saturated heterocycles. The summed E-state index contributed by atoms with van der Waals surface area (Å²) in [4.78, 5) is 28.4. The van der Waals surface area contributed by atoms with Crippen molar-refractivity contribution in [2.24, 2.45) is 0 Å². The average molecular weight is 396 g/mol. The Morgan fingerprint density at radius 1 is 1.21 bits per heavy atom. The van der Waals surface area contributed by atoms with Crippen LogP contribution >= 0.6 is 0 Å². The highest BCUT2D eigenvalue weighted by molar-refractivity contribution is 5.94. The number of anilines is 2. The molecule has 0 radical (unpaired) electrons. The molecule has 4 rings (SSSR count). The summed E-state index contributed by atoms with van der Waals surface area (Å²) >= 11 is 0. The third-order valence-electron chi connectivity index (χ3n) is 4.93. The van der Waals surface area contributed by atoms with Crippen LogP contribution in [0.2, 0.25) is 0 Å². The second kappa shape index (κ2) is 8.04. The topological polar surface area (TPSA) is 94.8 Å². The lowest BCUT2D eigenvalue weighted by Crippen LogP contribution is -2.21. The zero-order chi connectivity index (χ0) is 20.4. The van der Waals surface area contributed by atoms with Crippen LogP contribution in [0.15, 0.2) is 30.9 Å². The summed E-state index contributed by atoms with van der Waals surface area (Å²) in [6, 6.07) is 1.83.